The first-order valence-electron chi connectivity index (χ1n) is 6.65. The summed E-state index contributed by atoms with van der Waals surface area (Å²) >= 11 is 0. The largest absolute Gasteiger partial charge is 0.385 e. The van der Waals surface area contributed by atoms with Crippen molar-refractivity contribution in [3.05, 3.63) is 42.0 Å². The number of carbonyl (C=O) groups excluding carboxylic acids is 1. The summed E-state index contributed by atoms with van der Waals surface area (Å²) in [5.41, 5.74) is 1.88. The van der Waals surface area contributed by atoms with Crippen LogP contribution in [0.2, 0.25) is 0 Å². The Morgan fingerprint density at radius 1 is 1.11 bits per heavy atom. The number of benzene rings is 2. The van der Waals surface area contributed by atoms with Gasteiger partial charge in [0.2, 0.25) is 0 Å². The topological polar surface area (TPSA) is 29.5 Å². The molecule has 0 saturated heterocycles. The molecular weight excluding hydrogens is 238 g/mol. The van der Waals surface area contributed by atoms with Gasteiger partial charge in [0.1, 0.15) is 0 Å². The zero-order valence-electron chi connectivity index (χ0n) is 11.1. The van der Waals surface area contributed by atoms with Crippen molar-refractivity contribution < 1.29 is 9.53 Å². The normalized spacial score (nSPS) is 13.5. The molecular formula is C16H17NO2. The van der Waals surface area contributed by atoms with Crippen molar-refractivity contribution in [2.45, 2.75) is 12.8 Å². The Labute approximate surface area is 112 Å². The fourth-order valence-corrected chi connectivity index (χ4v) is 2.72. The van der Waals surface area contributed by atoms with Crippen LogP contribution in [0.4, 0.5) is 5.69 Å². The van der Waals surface area contributed by atoms with Crippen LogP contribution >= 0.6 is 0 Å². The predicted molar refractivity (Wildman–Crippen MR) is 76.7 cm³/mol. The highest BCUT2D eigenvalue weighted by Gasteiger charge is 2.28. The molecule has 0 aliphatic carbocycles. The molecule has 3 rings (SSSR count). The van der Waals surface area contributed by atoms with E-state index in [-0.39, 0.29) is 5.91 Å². The average molecular weight is 255 g/mol. The summed E-state index contributed by atoms with van der Waals surface area (Å²) in [7, 11) is 1.71. The van der Waals surface area contributed by atoms with Gasteiger partial charge in [-0.2, -0.15) is 0 Å². The van der Waals surface area contributed by atoms with Gasteiger partial charge in [-0.05, 0) is 30.4 Å². The predicted octanol–water partition coefficient (Wildman–Crippen LogP) is 3.23. The summed E-state index contributed by atoms with van der Waals surface area (Å²) in [4.78, 5) is 14.3. The number of hydrogen-bond donors (Lipinski definition) is 0. The second-order valence-corrected chi connectivity index (χ2v) is 4.84. The lowest BCUT2D eigenvalue weighted by Crippen LogP contribution is -2.27. The summed E-state index contributed by atoms with van der Waals surface area (Å²) < 4.78 is 5.05. The number of methoxy groups -OCH3 is 1. The van der Waals surface area contributed by atoms with E-state index in [4.69, 9.17) is 4.74 Å². The second kappa shape index (κ2) is 5.02. The van der Waals surface area contributed by atoms with E-state index < -0.39 is 0 Å². The van der Waals surface area contributed by atoms with Gasteiger partial charge < -0.3 is 9.64 Å². The van der Waals surface area contributed by atoms with Crippen LogP contribution in [0, 0.1) is 0 Å². The molecule has 0 spiro atoms. The highest BCUT2D eigenvalue weighted by molar-refractivity contribution is 6.24. The third-order valence-electron chi connectivity index (χ3n) is 3.63. The van der Waals surface area contributed by atoms with E-state index in [0.29, 0.717) is 0 Å². The summed E-state index contributed by atoms with van der Waals surface area (Å²) in [5.74, 6) is 0.129. The minimum atomic E-state index is 0.129. The number of anilines is 1. The minimum absolute atomic E-state index is 0.129. The van der Waals surface area contributed by atoms with Gasteiger partial charge >= 0.3 is 0 Å². The first kappa shape index (κ1) is 12.2. The first-order chi connectivity index (χ1) is 9.33. The van der Waals surface area contributed by atoms with Gasteiger partial charge in [0, 0.05) is 31.2 Å². The van der Waals surface area contributed by atoms with Crippen LogP contribution in [0.15, 0.2) is 36.4 Å². The molecule has 1 heterocycles. The monoisotopic (exact) mass is 255 g/mol. The molecule has 2 aromatic carbocycles. The van der Waals surface area contributed by atoms with E-state index in [9.17, 15) is 4.79 Å². The lowest BCUT2D eigenvalue weighted by Gasteiger charge is -2.17. The first-order valence-corrected chi connectivity index (χ1v) is 6.65. The van der Waals surface area contributed by atoms with Crippen LogP contribution in [0.5, 0.6) is 0 Å². The van der Waals surface area contributed by atoms with Crippen molar-refractivity contribution in [2.75, 3.05) is 25.2 Å². The minimum Gasteiger partial charge on any atom is -0.385 e. The number of carbonyl (C=O) groups is 1. The van der Waals surface area contributed by atoms with Crippen LogP contribution in [0.3, 0.4) is 0 Å². The Morgan fingerprint density at radius 2 is 1.89 bits per heavy atom. The number of amides is 1. The maximum absolute atomic E-state index is 12.4. The lowest BCUT2D eigenvalue weighted by molar-refractivity contribution is 0.0991. The molecule has 0 fully saturated rings. The van der Waals surface area contributed by atoms with Gasteiger partial charge in [-0.1, -0.05) is 24.3 Å². The Hall–Kier alpha value is -1.87. The molecule has 0 aromatic heterocycles. The van der Waals surface area contributed by atoms with Crippen LogP contribution in [0.1, 0.15) is 23.2 Å². The maximum Gasteiger partial charge on any atom is 0.258 e. The summed E-state index contributed by atoms with van der Waals surface area (Å²) in [6.45, 7) is 1.51. The average Bonchev–Trinajstić information content (AvgIpc) is 2.71. The molecule has 0 saturated carbocycles. The summed E-state index contributed by atoms with van der Waals surface area (Å²) in [6.07, 6.45) is 1.94. The lowest BCUT2D eigenvalue weighted by atomic mass is 10.1. The Morgan fingerprint density at radius 3 is 2.68 bits per heavy atom. The highest BCUT2D eigenvalue weighted by atomic mass is 16.5. The Bertz CT molecular complexity index is 616. The van der Waals surface area contributed by atoms with Crippen molar-refractivity contribution >= 4 is 22.4 Å². The van der Waals surface area contributed by atoms with E-state index in [0.717, 1.165) is 48.0 Å². The standard InChI is InChI=1S/C16H17NO2/c1-19-11-3-2-10-17-14-9-5-7-12-6-4-8-13(15(12)14)16(17)18/h4-9H,2-3,10-11H2,1H3. The molecule has 19 heavy (non-hydrogen) atoms. The fourth-order valence-electron chi connectivity index (χ4n) is 2.72. The second-order valence-electron chi connectivity index (χ2n) is 4.84. The van der Waals surface area contributed by atoms with Crippen molar-refractivity contribution in [1.29, 1.82) is 0 Å². The summed E-state index contributed by atoms with van der Waals surface area (Å²) in [6, 6.07) is 12.0. The molecule has 1 amide bonds. The molecule has 0 N–H and O–H groups in total. The molecule has 3 nitrogen and oxygen atoms in total. The molecule has 98 valence electrons. The van der Waals surface area contributed by atoms with E-state index in [1.54, 1.807) is 7.11 Å². The number of rotatable bonds is 5. The van der Waals surface area contributed by atoms with Gasteiger partial charge in [-0.15, -0.1) is 0 Å². The third-order valence-corrected chi connectivity index (χ3v) is 3.63. The smallest absolute Gasteiger partial charge is 0.258 e. The number of ether oxygens (including phenoxy) is 1. The SMILES string of the molecule is COCCCCN1C(=O)c2cccc3cccc1c23. The van der Waals surface area contributed by atoms with Crippen molar-refractivity contribution in [2.24, 2.45) is 0 Å². The Balaban J connectivity index is 1.90. The molecule has 0 unspecified atom stereocenters. The Kier molecular flexibility index (Phi) is 3.22. The van der Waals surface area contributed by atoms with Gasteiger partial charge in [-0.3, -0.25) is 4.79 Å². The van der Waals surface area contributed by atoms with Gasteiger partial charge in [0.25, 0.3) is 5.91 Å². The van der Waals surface area contributed by atoms with Gasteiger partial charge in [-0.25, -0.2) is 0 Å². The van der Waals surface area contributed by atoms with Crippen molar-refractivity contribution in [3.8, 4) is 0 Å². The number of hydrogen-bond acceptors (Lipinski definition) is 2. The highest BCUT2D eigenvalue weighted by Crippen LogP contribution is 2.37. The zero-order chi connectivity index (χ0) is 13.2. The van der Waals surface area contributed by atoms with Gasteiger partial charge in [0.05, 0.1) is 5.69 Å². The van der Waals surface area contributed by atoms with Crippen LogP contribution in [0.25, 0.3) is 10.8 Å². The van der Waals surface area contributed by atoms with Crippen LogP contribution < -0.4 is 4.90 Å². The third kappa shape index (κ3) is 2.00. The van der Waals surface area contributed by atoms with E-state index in [1.807, 2.05) is 29.2 Å². The molecule has 3 heteroatoms. The molecule has 1 aliphatic heterocycles. The molecule has 0 atom stereocenters. The van der Waals surface area contributed by atoms with Crippen molar-refractivity contribution in [1.82, 2.24) is 0 Å². The molecule has 0 bridgehead atoms. The maximum atomic E-state index is 12.4. The van der Waals surface area contributed by atoms with Crippen LogP contribution in [-0.4, -0.2) is 26.2 Å². The van der Waals surface area contributed by atoms with Gasteiger partial charge in [0.15, 0.2) is 0 Å². The molecule has 0 radical (unpaired) electrons. The van der Waals surface area contributed by atoms with Crippen molar-refractivity contribution in [3.63, 3.8) is 0 Å². The molecule has 1 aliphatic rings. The van der Waals surface area contributed by atoms with E-state index >= 15 is 0 Å². The number of nitrogens with zero attached hydrogens (tertiary/aromatic N) is 1. The zero-order valence-corrected chi connectivity index (χ0v) is 11.1. The van der Waals surface area contributed by atoms with E-state index in [2.05, 4.69) is 12.1 Å². The van der Waals surface area contributed by atoms with Crippen LogP contribution in [-0.2, 0) is 4.74 Å². The molecule has 2 aromatic rings. The van der Waals surface area contributed by atoms with E-state index in [1.165, 1.54) is 0 Å². The summed E-state index contributed by atoms with van der Waals surface area (Å²) in [5, 5.41) is 2.24. The number of unbranched alkanes of at least 4 members (excludes halogenated alkanes) is 1. The quantitative estimate of drug-likeness (QED) is 0.768. The fraction of sp³-hybridized carbons (Fsp3) is 0.312.